The summed E-state index contributed by atoms with van der Waals surface area (Å²) >= 11 is 5.16. The number of anilines is 2. The van der Waals surface area contributed by atoms with Gasteiger partial charge in [0.1, 0.15) is 12.3 Å². The summed E-state index contributed by atoms with van der Waals surface area (Å²) in [6.07, 6.45) is -0.124. The third-order valence-corrected chi connectivity index (χ3v) is 7.77. The number of hydrogen-bond donors (Lipinski definition) is 1. The summed E-state index contributed by atoms with van der Waals surface area (Å²) in [5, 5.41) is 11.3. The first-order valence-corrected chi connectivity index (χ1v) is 13.1. The molecule has 176 valence electrons. The average molecular weight is 539 g/mol. The molecule has 5 rings (SSSR count). The van der Waals surface area contributed by atoms with Gasteiger partial charge in [0.15, 0.2) is 0 Å². The standard InChI is InChI=1S/C26H27BrN4O2S/c1-16-23(24(19-12-14-34-15-19)29-31(16)22-9-5-20(27)6-10-22)26-30(25(32)17(2)33-26)13-11-18-3-7-21(28)8-4-18/h3-10,12,14-17,23,26H,11,13,28H2,1-2H3/t16?,17-,23?,26+/m0/s1. The van der Waals surface area contributed by atoms with Gasteiger partial charge in [-0.15, -0.1) is 0 Å². The van der Waals surface area contributed by atoms with Crippen LogP contribution in [0, 0.1) is 5.92 Å². The van der Waals surface area contributed by atoms with Gasteiger partial charge in [-0.2, -0.15) is 16.4 Å². The molecule has 3 aromatic rings. The number of halogens is 1. The monoisotopic (exact) mass is 538 g/mol. The second kappa shape index (κ2) is 9.52. The van der Waals surface area contributed by atoms with Gasteiger partial charge >= 0.3 is 0 Å². The molecule has 34 heavy (non-hydrogen) atoms. The van der Waals surface area contributed by atoms with Crippen LogP contribution in [-0.4, -0.2) is 41.4 Å². The molecular formula is C26H27BrN4O2S. The zero-order valence-electron chi connectivity index (χ0n) is 19.1. The van der Waals surface area contributed by atoms with E-state index in [2.05, 4.69) is 56.8 Å². The van der Waals surface area contributed by atoms with Gasteiger partial charge in [0, 0.05) is 22.3 Å². The average Bonchev–Trinajstić information content (AvgIpc) is 3.54. The lowest BCUT2D eigenvalue weighted by Crippen LogP contribution is -2.47. The Morgan fingerprint density at radius 2 is 1.82 bits per heavy atom. The summed E-state index contributed by atoms with van der Waals surface area (Å²) in [5.74, 6) is -0.0574. The number of carbonyl (C=O) groups excluding carboxylic acids is 1. The van der Waals surface area contributed by atoms with Crippen molar-refractivity contribution in [2.45, 2.75) is 38.6 Å². The highest BCUT2D eigenvalue weighted by Gasteiger charge is 2.49. The van der Waals surface area contributed by atoms with E-state index < -0.39 is 6.10 Å². The molecule has 4 atom stereocenters. The SMILES string of the molecule is CC1C([C@H]2O[C@@H](C)C(=O)N2CCc2ccc(N)cc2)C(c2ccsc2)=NN1c1ccc(Br)cc1. The predicted molar refractivity (Wildman–Crippen MR) is 141 cm³/mol. The van der Waals surface area contributed by atoms with E-state index in [1.165, 1.54) is 0 Å². The second-order valence-electron chi connectivity index (χ2n) is 8.78. The summed E-state index contributed by atoms with van der Waals surface area (Å²) in [6.45, 7) is 4.58. The molecule has 0 spiro atoms. The van der Waals surface area contributed by atoms with E-state index in [1.807, 2.05) is 48.2 Å². The van der Waals surface area contributed by atoms with Crippen molar-refractivity contribution in [3.05, 3.63) is 81.0 Å². The Bertz CT molecular complexity index is 1180. The molecule has 2 unspecified atom stereocenters. The van der Waals surface area contributed by atoms with E-state index in [-0.39, 0.29) is 24.1 Å². The quantitative estimate of drug-likeness (QED) is 0.441. The van der Waals surface area contributed by atoms with Crippen LogP contribution in [0.4, 0.5) is 11.4 Å². The molecule has 2 aliphatic heterocycles. The number of carbonyl (C=O) groups is 1. The molecule has 1 amide bonds. The number of thiophene rings is 1. The van der Waals surface area contributed by atoms with Crippen molar-refractivity contribution in [2.75, 3.05) is 17.3 Å². The molecule has 2 aromatic carbocycles. The fourth-order valence-corrected chi connectivity index (χ4v) is 5.64. The van der Waals surface area contributed by atoms with Crippen LogP contribution < -0.4 is 10.7 Å². The summed E-state index contributed by atoms with van der Waals surface area (Å²) < 4.78 is 7.35. The molecule has 0 aliphatic carbocycles. The molecule has 1 fully saturated rings. The third kappa shape index (κ3) is 4.37. The van der Waals surface area contributed by atoms with Gasteiger partial charge in [0.2, 0.25) is 0 Å². The van der Waals surface area contributed by atoms with Crippen molar-refractivity contribution < 1.29 is 9.53 Å². The normalized spacial score (nSPS) is 24.7. The number of benzene rings is 2. The highest BCUT2D eigenvalue weighted by atomic mass is 79.9. The van der Waals surface area contributed by atoms with E-state index in [9.17, 15) is 4.79 Å². The number of nitrogen functional groups attached to an aromatic ring is 1. The number of hydrogen-bond acceptors (Lipinski definition) is 6. The highest BCUT2D eigenvalue weighted by molar-refractivity contribution is 9.10. The highest BCUT2D eigenvalue weighted by Crippen LogP contribution is 2.38. The molecule has 1 aromatic heterocycles. The molecule has 2 aliphatic rings. The van der Waals surface area contributed by atoms with Gasteiger partial charge in [-0.1, -0.05) is 28.1 Å². The van der Waals surface area contributed by atoms with Crippen LogP contribution in [0.3, 0.4) is 0 Å². The molecule has 0 radical (unpaired) electrons. The van der Waals surface area contributed by atoms with E-state index in [1.54, 1.807) is 11.3 Å². The Morgan fingerprint density at radius 3 is 2.50 bits per heavy atom. The Labute approximate surface area is 212 Å². The number of ether oxygens (including phenoxy) is 1. The Kier molecular flexibility index (Phi) is 6.46. The minimum atomic E-state index is -0.478. The minimum Gasteiger partial charge on any atom is -0.399 e. The van der Waals surface area contributed by atoms with Crippen molar-refractivity contribution in [3.8, 4) is 0 Å². The van der Waals surface area contributed by atoms with Crippen LogP contribution in [0.15, 0.2) is 74.9 Å². The lowest BCUT2D eigenvalue weighted by atomic mass is 9.90. The number of rotatable bonds is 6. The number of nitrogens with zero attached hydrogens (tertiary/aromatic N) is 3. The van der Waals surface area contributed by atoms with Crippen LogP contribution in [0.2, 0.25) is 0 Å². The second-order valence-corrected chi connectivity index (χ2v) is 10.5. The molecule has 6 nitrogen and oxygen atoms in total. The molecule has 2 N–H and O–H groups in total. The van der Waals surface area contributed by atoms with Crippen molar-refractivity contribution in [3.63, 3.8) is 0 Å². The van der Waals surface area contributed by atoms with E-state index >= 15 is 0 Å². The maximum Gasteiger partial charge on any atom is 0.253 e. The summed E-state index contributed by atoms with van der Waals surface area (Å²) in [4.78, 5) is 15.1. The first-order chi connectivity index (χ1) is 16.4. The molecule has 3 heterocycles. The van der Waals surface area contributed by atoms with Gasteiger partial charge in [0.25, 0.3) is 5.91 Å². The van der Waals surface area contributed by atoms with Crippen molar-refractivity contribution in [1.29, 1.82) is 0 Å². The van der Waals surface area contributed by atoms with Gasteiger partial charge in [-0.25, -0.2) is 0 Å². The van der Waals surface area contributed by atoms with Gasteiger partial charge in [-0.05, 0) is 79.1 Å². The van der Waals surface area contributed by atoms with Crippen LogP contribution in [0.5, 0.6) is 0 Å². The maximum absolute atomic E-state index is 13.2. The lowest BCUT2D eigenvalue weighted by Gasteiger charge is -2.32. The minimum absolute atomic E-state index is 0.0122. The van der Waals surface area contributed by atoms with Crippen molar-refractivity contribution >= 4 is 50.3 Å². The van der Waals surface area contributed by atoms with E-state index in [0.29, 0.717) is 6.54 Å². The van der Waals surface area contributed by atoms with Gasteiger partial charge < -0.3 is 15.4 Å². The molecular weight excluding hydrogens is 512 g/mol. The van der Waals surface area contributed by atoms with Gasteiger partial charge in [-0.3, -0.25) is 9.80 Å². The predicted octanol–water partition coefficient (Wildman–Crippen LogP) is 5.14. The lowest BCUT2D eigenvalue weighted by molar-refractivity contribution is -0.130. The Balaban J connectivity index is 1.46. The third-order valence-electron chi connectivity index (χ3n) is 6.55. The summed E-state index contributed by atoms with van der Waals surface area (Å²) in [5.41, 5.74) is 10.8. The summed E-state index contributed by atoms with van der Waals surface area (Å²) in [6, 6.07) is 18.1. The number of amides is 1. The van der Waals surface area contributed by atoms with Crippen LogP contribution in [-0.2, 0) is 16.0 Å². The van der Waals surface area contributed by atoms with Crippen molar-refractivity contribution in [2.24, 2.45) is 11.0 Å². The zero-order valence-corrected chi connectivity index (χ0v) is 21.5. The largest absolute Gasteiger partial charge is 0.399 e. The molecule has 8 heteroatoms. The number of nitrogens with two attached hydrogens (primary N) is 1. The first kappa shape index (κ1) is 23.1. The molecule has 1 saturated heterocycles. The molecule has 0 bridgehead atoms. The molecule has 0 saturated carbocycles. The van der Waals surface area contributed by atoms with E-state index in [0.717, 1.165) is 39.1 Å². The first-order valence-electron chi connectivity index (χ1n) is 11.4. The Hall–Kier alpha value is -2.68. The van der Waals surface area contributed by atoms with Crippen LogP contribution in [0.25, 0.3) is 0 Å². The topological polar surface area (TPSA) is 71.2 Å². The van der Waals surface area contributed by atoms with Crippen LogP contribution >= 0.6 is 27.3 Å². The van der Waals surface area contributed by atoms with Crippen LogP contribution in [0.1, 0.15) is 25.0 Å². The zero-order chi connectivity index (χ0) is 23.8. The fraction of sp³-hybridized carbons (Fsp3) is 0.308. The number of hydrazone groups is 1. The smallest absolute Gasteiger partial charge is 0.253 e. The maximum atomic E-state index is 13.2. The van der Waals surface area contributed by atoms with E-state index in [4.69, 9.17) is 15.6 Å². The van der Waals surface area contributed by atoms with Crippen molar-refractivity contribution in [1.82, 2.24) is 4.90 Å². The van der Waals surface area contributed by atoms with Gasteiger partial charge in [0.05, 0.1) is 23.4 Å². The fourth-order valence-electron chi connectivity index (χ4n) is 4.72. The summed E-state index contributed by atoms with van der Waals surface area (Å²) in [7, 11) is 0. The Morgan fingerprint density at radius 1 is 1.09 bits per heavy atom.